The van der Waals surface area contributed by atoms with Gasteiger partial charge in [-0.05, 0) is 43.5 Å². The second kappa shape index (κ2) is 10.3. The minimum atomic E-state index is -0.261. The van der Waals surface area contributed by atoms with Gasteiger partial charge in [0.25, 0.3) is 0 Å². The van der Waals surface area contributed by atoms with Crippen molar-refractivity contribution in [2.24, 2.45) is 0 Å². The lowest BCUT2D eigenvalue weighted by Crippen LogP contribution is -2.30. The summed E-state index contributed by atoms with van der Waals surface area (Å²) in [7, 11) is 0. The molecule has 0 aliphatic carbocycles. The van der Waals surface area contributed by atoms with Crippen LogP contribution >= 0.6 is 0 Å². The fraction of sp³-hybridized carbons (Fsp3) is 0.368. The van der Waals surface area contributed by atoms with E-state index in [2.05, 4.69) is 28.6 Å². The molecule has 1 heterocycles. The van der Waals surface area contributed by atoms with Crippen molar-refractivity contribution < 1.29 is 14.3 Å². The first-order valence-corrected chi connectivity index (χ1v) is 8.56. The maximum atomic E-state index is 11.8. The molecule has 0 aliphatic rings. The summed E-state index contributed by atoms with van der Waals surface area (Å²) >= 11 is 0. The molecule has 2 N–H and O–H groups in total. The molecule has 0 radical (unpaired) electrons. The molecule has 1 aromatic carbocycles. The summed E-state index contributed by atoms with van der Waals surface area (Å²) in [5, 5.41) is 5.50. The molecule has 0 bridgehead atoms. The summed E-state index contributed by atoms with van der Waals surface area (Å²) in [5.74, 6) is 1.23. The van der Waals surface area contributed by atoms with Gasteiger partial charge >= 0.3 is 6.03 Å². The van der Waals surface area contributed by atoms with Crippen molar-refractivity contribution in [1.82, 2.24) is 10.3 Å². The predicted molar refractivity (Wildman–Crippen MR) is 98.3 cm³/mol. The number of pyridine rings is 1. The Morgan fingerprint density at radius 3 is 2.80 bits per heavy atom. The van der Waals surface area contributed by atoms with Gasteiger partial charge in [-0.1, -0.05) is 19.1 Å². The zero-order valence-electron chi connectivity index (χ0n) is 14.7. The lowest BCUT2D eigenvalue weighted by Gasteiger charge is -2.09. The molecule has 0 unspecified atom stereocenters. The van der Waals surface area contributed by atoms with Crippen LogP contribution < -0.4 is 15.4 Å². The second-order valence-corrected chi connectivity index (χ2v) is 5.42. The van der Waals surface area contributed by atoms with E-state index in [1.807, 2.05) is 25.1 Å². The number of hydrogen-bond acceptors (Lipinski definition) is 4. The molecule has 6 nitrogen and oxygen atoms in total. The minimum absolute atomic E-state index is 0.261. The molecule has 0 atom stereocenters. The highest BCUT2D eigenvalue weighted by Crippen LogP contribution is 2.21. The van der Waals surface area contributed by atoms with Crippen LogP contribution in [0.25, 0.3) is 0 Å². The average molecular weight is 343 g/mol. The first-order chi connectivity index (χ1) is 12.2. The molecule has 0 aliphatic heterocycles. The third kappa shape index (κ3) is 6.81. The van der Waals surface area contributed by atoms with Gasteiger partial charge < -0.3 is 20.1 Å². The predicted octanol–water partition coefficient (Wildman–Crippen LogP) is 3.98. The van der Waals surface area contributed by atoms with Crippen molar-refractivity contribution in [1.29, 1.82) is 0 Å². The summed E-state index contributed by atoms with van der Waals surface area (Å²) < 4.78 is 10.9. The van der Waals surface area contributed by atoms with Crippen LogP contribution in [0.2, 0.25) is 0 Å². The number of rotatable bonds is 9. The SMILES string of the molecule is CCOCCCNC(=O)Nc1ccc(Oc2cccc(CC)c2)nc1. The molecular weight excluding hydrogens is 318 g/mol. The fourth-order valence-electron chi connectivity index (χ4n) is 2.16. The van der Waals surface area contributed by atoms with Crippen LogP contribution in [-0.2, 0) is 11.2 Å². The third-order valence-corrected chi connectivity index (χ3v) is 3.48. The number of carbonyl (C=O) groups is 1. The van der Waals surface area contributed by atoms with Gasteiger partial charge in [-0.3, -0.25) is 0 Å². The number of amides is 2. The van der Waals surface area contributed by atoms with Crippen LogP contribution in [0.5, 0.6) is 11.6 Å². The summed E-state index contributed by atoms with van der Waals surface area (Å²) in [6, 6.07) is 11.1. The molecule has 6 heteroatoms. The highest BCUT2D eigenvalue weighted by Gasteiger charge is 2.03. The number of hydrogen-bond donors (Lipinski definition) is 2. The van der Waals surface area contributed by atoms with Crippen molar-refractivity contribution in [3.05, 3.63) is 48.2 Å². The van der Waals surface area contributed by atoms with Gasteiger partial charge in [-0.15, -0.1) is 0 Å². The number of aryl methyl sites for hydroxylation is 1. The van der Waals surface area contributed by atoms with Crippen molar-refractivity contribution in [3.8, 4) is 11.6 Å². The van der Waals surface area contributed by atoms with E-state index in [4.69, 9.17) is 9.47 Å². The van der Waals surface area contributed by atoms with Crippen LogP contribution in [0.3, 0.4) is 0 Å². The first kappa shape index (κ1) is 18.7. The van der Waals surface area contributed by atoms with E-state index >= 15 is 0 Å². The van der Waals surface area contributed by atoms with E-state index in [1.54, 1.807) is 18.3 Å². The fourth-order valence-corrected chi connectivity index (χ4v) is 2.16. The molecule has 25 heavy (non-hydrogen) atoms. The van der Waals surface area contributed by atoms with Gasteiger partial charge in [0.05, 0.1) is 11.9 Å². The Hall–Kier alpha value is -2.60. The first-order valence-electron chi connectivity index (χ1n) is 8.56. The second-order valence-electron chi connectivity index (χ2n) is 5.42. The van der Waals surface area contributed by atoms with Gasteiger partial charge in [0.1, 0.15) is 5.75 Å². The number of ether oxygens (including phenoxy) is 2. The summed E-state index contributed by atoms with van der Waals surface area (Å²) in [6.07, 6.45) is 3.30. The Balaban J connectivity index is 1.80. The van der Waals surface area contributed by atoms with Crippen LogP contribution in [0.4, 0.5) is 10.5 Å². The van der Waals surface area contributed by atoms with Crippen LogP contribution in [0.15, 0.2) is 42.6 Å². The summed E-state index contributed by atoms with van der Waals surface area (Å²) in [6.45, 7) is 5.94. The van der Waals surface area contributed by atoms with E-state index in [-0.39, 0.29) is 6.03 Å². The van der Waals surface area contributed by atoms with Crippen molar-refractivity contribution in [2.45, 2.75) is 26.7 Å². The molecular formula is C19H25N3O3. The number of aromatic nitrogens is 1. The van der Waals surface area contributed by atoms with Gasteiger partial charge in [0.15, 0.2) is 0 Å². The van der Waals surface area contributed by atoms with Crippen LogP contribution in [-0.4, -0.2) is 30.8 Å². The Kier molecular flexibility index (Phi) is 7.72. The molecule has 2 aromatic rings. The number of nitrogens with zero attached hydrogens (tertiary/aromatic N) is 1. The van der Waals surface area contributed by atoms with Gasteiger partial charge in [-0.25, -0.2) is 9.78 Å². The van der Waals surface area contributed by atoms with E-state index in [9.17, 15) is 4.79 Å². The Labute approximate surface area is 148 Å². The number of benzene rings is 1. The van der Waals surface area contributed by atoms with Crippen LogP contribution in [0, 0.1) is 0 Å². The third-order valence-electron chi connectivity index (χ3n) is 3.48. The number of anilines is 1. The van der Waals surface area contributed by atoms with Gasteiger partial charge in [-0.2, -0.15) is 0 Å². The maximum Gasteiger partial charge on any atom is 0.319 e. The lowest BCUT2D eigenvalue weighted by atomic mass is 10.2. The molecule has 2 rings (SSSR count). The van der Waals surface area contributed by atoms with E-state index in [0.717, 1.165) is 18.6 Å². The maximum absolute atomic E-state index is 11.8. The number of nitrogens with one attached hydrogen (secondary N) is 2. The molecule has 0 spiro atoms. The standard InChI is InChI=1S/C19H25N3O3/c1-3-15-7-5-8-17(13-15)25-18-10-9-16(14-21-18)22-19(23)20-11-6-12-24-4-2/h5,7-10,13-14H,3-4,6,11-12H2,1-2H3,(H2,20,22,23). The topological polar surface area (TPSA) is 72.5 Å². The normalized spacial score (nSPS) is 10.3. The summed E-state index contributed by atoms with van der Waals surface area (Å²) in [5.41, 5.74) is 1.81. The zero-order chi connectivity index (χ0) is 17.9. The Morgan fingerprint density at radius 2 is 2.08 bits per heavy atom. The van der Waals surface area contributed by atoms with E-state index in [1.165, 1.54) is 5.56 Å². The summed E-state index contributed by atoms with van der Waals surface area (Å²) in [4.78, 5) is 16.0. The van der Waals surface area contributed by atoms with Crippen molar-refractivity contribution in [2.75, 3.05) is 25.1 Å². The number of urea groups is 1. The van der Waals surface area contributed by atoms with Crippen LogP contribution in [0.1, 0.15) is 25.8 Å². The van der Waals surface area contributed by atoms with Gasteiger partial charge in [0, 0.05) is 25.8 Å². The average Bonchev–Trinajstić information content (AvgIpc) is 2.63. The molecule has 0 saturated carbocycles. The molecule has 1 aromatic heterocycles. The minimum Gasteiger partial charge on any atom is -0.439 e. The Morgan fingerprint density at radius 1 is 1.20 bits per heavy atom. The highest BCUT2D eigenvalue weighted by molar-refractivity contribution is 5.88. The van der Waals surface area contributed by atoms with Crippen molar-refractivity contribution in [3.63, 3.8) is 0 Å². The van der Waals surface area contributed by atoms with E-state index < -0.39 is 0 Å². The largest absolute Gasteiger partial charge is 0.439 e. The van der Waals surface area contributed by atoms with Crippen molar-refractivity contribution >= 4 is 11.7 Å². The van der Waals surface area contributed by atoms with Gasteiger partial charge in [0.2, 0.25) is 5.88 Å². The zero-order valence-corrected chi connectivity index (χ0v) is 14.7. The Bertz CT molecular complexity index is 659. The van der Waals surface area contributed by atoms with E-state index in [0.29, 0.717) is 31.3 Å². The molecule has 0 saturated heterocycles. The quantitative estimate of drug-likeness (QED) is 0.675. The number of carbonyl (C=O) groups excluding carboxylic acids is 1. The smallest absolute Gasteiger partial charge is 0.319 e. The lowest BCUT2D eigenvalue weighted by molar-refractivity contribution is 0.145. The molecule has 0 fully saturated rings. The highest BCUT2D eigenvalue weighted by atomic mass is 16.5. The molecule has 134 valence electrons. The molecule has 2 amide bonds. The monoisotopic (exact) mass is 343 g/mol.